The third-order valence-corrected chi connectivity index (χ3v) is 5.13. The van der Waals surface area contributed by atoms with Crippen molar-refractivity contribution in [2.45, 2.75) is 26.9 Å². The van der Waals surface area contributed by atoms with Gasteiger partial charge in [-0.05, 0) is 69.3 Å². The third kappa shape index (κ3) is 6.39. The molecule has 0 unspecified atom stereocenters. The van der Waals surface area contributed by atoms with E-state index in [2.05, 4.69) is 15.1 Å². The smallest absolute Gasteiger partial charge is 0.338 e. The first kappa shape index (κ1) is 22.5. The Balaban J connectivity index is 1.45. The van der Waals surface area contributed by atoms with Crippen LogP contribution in [0, 0.1) is 0 Å². The fourth-order valence-electron chi connectivity index (χ4n) is 3.45. The minimum absolute atomic E-state index is 0.0625. The van der Waals surface area contributed by atoms with Crippen LogP contribution in [0.2, 0.25) is 0 Å². The Kier molecular flexibility index (Phi) is 7.41. The summed E-state index contributed by atoms with van der Waals surface area (Å²) in [5.74, 6) is -0.397. The van der Waals surface area contributed by atoms with E-state index in [1.165, 1.54) is 0 Å². The lowest BCUT2D eigenvalue weighted by molar-refractivity contribution is -0.117. The van der Waals surface area contributed by atoms with Gasteiger partial charge in [0.15, 0.2) is 5.78 Å². The number of nitrogens with zero attached hydrogens (tertiary/aromatic N) is 2. The van der Waals surface area contributed by atoms with Gasteiger partial charge in [0.2, 0.25) is 5.91 Å². The van der Waals surface area contributed by atoms with E-state index in [-0.39, 0.29) is 23.8 Å². The molecule has 0 spiro atoms. The van der Waals surface area contributed by atoms with Crippen LogP contribution in [0.3, 0.4) is 0 Å². The summed E-state index contributed by atoms with van der Waals surface area (Å²) in [5, 5.41) is 2.88. The van der Waals surface area contributed by atoms with Crippen molar-refractivity contribution in [3.8, 4) is 0 Å². The highest BCUT2D eigenvalue weighted by molar-refractivity contribution is 5.95. The zero-order chi connectivity index (χ0) is 22.4. The summed E-state index contributed by atoms with van der Waals surface area (Å²) < 4.78 is 5.16. The molecule has 0 aromatic heterocycles. The molecule has 1 fully saturated rings. The van der Waals surface area contributed by atoms with Crippen molar-refractivity contribution in [3.05, 3.63) is 59.7 Å². The maximum atomic E-state index is 12.4. The van der Waals surface area contributed by atoms with Crippen LogP contribution >= 0.6 is 0 Å². The molecule has 1 heterocycles. The molecule has 1 aliphatic heterocycles. The predicted molar refractivity (Wildman–Crippen MR) is 121 cm³/mol. The highest BCUT2D eigenvalue weighted by atomic mass is 16.5. The van der Waals surface area contributed by atoms with Crippen molar-refractivity contribution in [1.29, 1.82) is 0 Å². The van der Waals surface area contributed by atoms with Gasteiger partial charge in [-0.25, -0.2) is 4.79 Å². The Hall–Kier alpha value is -3.19. The maximum absolute atomic E-state index is 12.4. The number of ether oxygens (including phenoxy) is 1. The van der Waals surface area contributed by atoms with Gasteiger partial charge in [-0.2, -0.15) is 0 Å². The molecule has 1 N–H and O–H groups in total. The monoisotopic (exact) mass is 423 g/mol. The van der Waals surface area contributed by atoms with Gasteiger partial charge in [0, 0.05) is 43.1 Å². The van der Waals surface area contributed by atoms with Gasteiger partial charge in [0.25, 0.3) is 0 Å². The second kappa shape index (κ2) is 10.2. The second-order valence-corrected chi connectivity index (χ2v) is 7.95. The van der Waals surface area contributed by atoms with E-state index < -0.39 is 0 Å². The van der Waals surface area contributed by atoms with E-state index in [0.717, 1.165) is 31.9 Å². The Morgan fingerprint density at radius 1 is 0.903 bits per heavy atom. The number of piperazine rings is 1. The summed E-state index contributed by atoms with van der Waals surface area (Å²) in [6.07, 6.45) is -0.174. The Labute approximate surface area is 183 Å². The molecule has 7 heteroatoms. The highest BCUT2D eigenvalue weighted by Gasteiger charge is 2.19. The van der Waals surface area contributed by atoms with Crippen LogP contribution < -0.4 is 10.2 Å². The van der Waals surface area contributed by atoms with E-state index in [0.29, 0.717) is 23.4 Å². The summed E-state index contributed by atoms with van der Waals surface area (Å²) in [6, 6.07) is 14.4. The second-order valence-electron chi connectivity index (χ2n) is 7.95. The van der Waals surface area contributed by atoms with E-state index in [1.54, 1.807) is 45.0 Å². The van der Waals surface area contributed by atoms with Gasteiger partial charge >= 0.3 is 5.97 Å². The van der Waals surface area contributed by atoms with Crippen molar-refractivity contribution in [2.24, 2.45) is 0 Å². The normalized spacial score (nSPS) is 14.4. The zero-order valence-electron chi connectivity index (χ0n) is 18.3. The fourth-order valence-corrected chi connectivity index (χ4v) is 3.45. The molecule has 164 valence electrons. The van der Waals surface area contributed by atoms with Gasteiger partial charge in [0.1, 0.15) is 0 Å². The fraction of sp³-hybridized carbons (Fsp3) is 0.375. The van der Waals surface area contributed by atoms with Crippen molar-refractivity contribution < 1.29 is 19.1 Å². The maximum Gasteiger partial charge on any atom is 0.338 e. The van der Waals surface area contributed by atoms with Crippen LogP contribution in [-0.4, -0.2) is 61.4 Å². The Morgan fingerprint density at radius 3 is 2.03 bits per heavy atom. The number of rotatable bonds is 7. The van der Waals surface area contributed by atoms with E-state index in [9.17, 15) is 14.4 Å². The first-order valence-electron chi connectivity index (χ1n) is 10.5. The average molecular weight is 424 g/mol. The van der Waals surface area contributed by atoms with Crippen LogP contribution in [0.4, 0.5) is 11.4 Å². The molecule has 31 heavy (non-hydrogen) atoms. The van der Waals surface area contributed by atoms with Crippen molar-refractivity contribution >= 4 is 29.0 Å². The number of ketones is 1. The number of carbonyl (C=O) groups excluding carboxylic acids is 3. The number of hydrogen-bond donors (Lipinski definition) is 1. The van der Waals surface area contributed by atoms with Crippen LogP contribution in [-0.2, 0) is 9.53 Å². The lowest BCUT2D eigenvalue weighted by Gasteiger charge is -2.35. The molecule has 0 radical (unpaired) electrons. The summed E-state index contributed by atoms with van der Waals surface area (Å²) in [7, 11) is 0. The van der Waals surface area contributed by atoms with Gasteiger partial charge in [0.05, 0.1) is 18.2 Å². The van der Waals surface area contributed by atoms with Gasteiger partial charge in [-0.3, -0.25) is 14.5 Å². The molecule has 2 aromatic carbocycles. The minimum atomic E-state index is -0.373. The van der Waals surface area contributed by atoms with Crippen molar-refractivity contribution in [1.82, 2.24) is 4.90 Å². The van der Waals surface area contributed by atoms with Crippen LogP contribution in [0.25, 0.3) is 0 Å². The summed E-state index contributed by atoms with van der Waals surface area (Å²) in [6.45, 7) is 8.68. The van der Waals surface area contributed by atoms with Crippen molar-refractivity contribution in [2.75, 3.05) is 42.9 Å². The summed E-state index contributed by atoms with van der Waals surface area (Å²) in [4.78, 5) is 40.1. The predicted octanol–water partition coefficient (Wildman–Crippen LogP) is 3.22. The SMILES string of the molecule is CC(=O)c1ccc(N2CCN(CC(=O)Nc3ccc(C(=O)OC(C)C)cc3)CC2)cc1. The molecule has 0 saturated carbocycles. The van der Waals surface area contributed by atoms with E-state index in [1.807, 2.05) is 24.3 Å². The molecule has 2 aromatic rings. The molecular weight excluding hydrogens is 394 g/mol. The largest absolute Gasteiger partial charge is 0.459 e. The number of nitrogens with one attached hydrogen (secondary N) is 1. The lowest BCUT2D eigenvalue weighted by atomic mass is 10.1. The first-order chi connectivity index (χ1) is 14.8. The molecule has 0 bridgehead atoms. The summed E-state index contributed by atoms with van der Waals surface area (Å²) >= 11 is 0. The minimum Gasteiger partial charge on any atom is -0.459 e. The topological polar surface area (TPSA) is 79.0 Å². The van der Waals surface area contributed by atoms with Gasteiger partial charge in [-0.15, -0.1) is 0 Å². The standard InChI is InChI=1S/C24H29N3O4/c1-17(2)31-24(30)20-4-8-21(9-5-20)25-23(29)16-26-12-14-27(15-13-26)22-10-6-19(7-11-22)18(3)28/h4-11,17H,12-16H2,1-3H3,(H,25,29). The van der Waals surface area contributed by atoms with Crippen LogP contribution in [0.5, 0.6) is 0 Å². The average Bonchev–Trinajstić information content (AvgIpc) is 2.74. The third-order valence-electron chi connectivity index (χ3n) is 5.13. The number of amides is 1. The first-order valence-corrected chi connectivity index (χ1v) is 10.5. The van der Waals surface area contributed by atoms with Gasteiger partial charge in [-0.1, -0.05) is 0 Å². The lowest BCUT2D eigenvalue weighted by Crippen LogP contribution is -2.48. The molecule has 7 nitrogen and oxygen atoms in total. The number of benzene rings is 2. The molecule has 1 aliphatic rings. The molecule has 3 rings (SSSR count). The Morgan fingerprint density at radius 2 is 1.48 bits per heavy atom. The summed E-state index contributed by atoms with van der Waals surface area (Å²) in [5.41, 5.74) is 2.91. The van der Waals surface area contributed by atoms with Crippen LogP contribution in [0.1, 0.15) is 41.5 Å². The number of hydrogen-bond acceptors (Lipinski definition) is 6. The number of anilines is 2. The van der Waals surface area contributed by atoms with E-state index >= 15 is 0 Å². The molecule has 1 amide bonds. The Bertz CT molecular complexity index is 915. The number of carbonyl (C=O) groups is 3. The van der Waals surface area contributed by atoms with Crippen LogP contribution in [0.15, 0.2) is 48.5 Å². The quantitative estimate of drug-likeness (QED) is 0.544. The molecule has 0 aliphatic carbocycles. The van der Waals surface area contributed by atoms with Gasteiger partial charge < -0.3 is 15.0 Å². The molecule has 1 saturated heterocycles. The number of esters is 1. The van der Waals surface area contributed by atoms with Crippen molar-refractivity contribution in [3.63, 3.8) is 0 Å². The zero-order valence-corrected chi connectivity index (χ0v) is 18.3. The molecule has 0 atom stereocenters. The molecular formula is C24H29N3O4. The highest BCUT2D eigenvalue weighted by Crippen LogP contribution is 2.18. The van der Waals surface area contributed by atoms with E-state index in [4.69, 9.17) is 4.74 Å². The number of Topliss-reactive ketones (excluding diaryl/α,β-unsaturated/α-hetero) is 1.